The molecule has 0 bridgehead atoms. The van der Waals surface area contributed by atoms with Crippen LogP contribution < -0.4 is 5.32 Å². The molecule has 0 spiro atoms. The molecule has 0 aromatic rings. The Morgan fingerprint density at radius 2 is 1.65 bits per heavy atom. The summed E-state index contributed by atoms with van der Waals surface area (Å²) in [5.74, 6) is 0.207. The smallest absolute Gasteiger partial charge is 0.224 e. The molecule has 0 rings (SSSR count). The topological polar surface area (TPSA) is 95.5 Å². The molecule has 0 aliphatic rings. The predicted octanol–water partition coefficient (Wildman–Crippen LogP) is 2.95. The van der Waals surface area contributed by atoms with E-state index in [1.165, 1.54) is 32.1 Å². The third-order valence-electron chi connectivity index (χ3n) is 3.80. The standard InChI is InChI=1S/C17H34N2O.CH4O4S/c1-5-7-8-9-10-11-12-13-14-17(20)18-16-19(3,4)15-6-2;1-5-6(2,3)4/h5H,1,6-16H2,2-4H3;1H3,(H,2,3,4). The Kier molecular flexibility index (Phi) is 17.0. The van der Waals surface area contributed by atoms with E-state index in [0.717, 1.165) is 44.1 Å². The van der Waals surface area contributed by atoms with Gasteiger partial charge in [0.15, 0.2) is 6.67 Å². The van der Waals surface area contributed by atoms with Crippen LogP contribution >= 0.6 is 0 Å². The highest BCUT2D eigenvalue weighted by atomic mass is 32.3. The molecule has 7 nitrogen and oxygen atoms in total. The van der Waals surface area contributed by atoms with Gasteiger partial charge in [-0.1, -0.05) is 38.7 Å². The molecule has 0 saturated heterocycles. The minimum absolute atomic E-state index is 0.207. The van der Waals surface area contributed by atoms with Crippen LogP contribution in [0.3, 0.4) is 0 Å². The van der Waals surface area contributed by atoms with E-state index >= 15 is 0 Å². The number of allylic oxidation sites excluding steroid dienone is 1. The van der Waals surface area contributed by atoms with Gasteiger partial charge in [0.25, 0.3) is 0 Å². The lowest BCUT2D eigenvalue weighted by Crippen LogP contribution is -2.48. The lowest BCUT2D eigenvalue weighted by molar-refractivity contribution is -0.892. The second-order valence-electron chi connectivity index (χ2n) is 6.94. The molecule has 1 N–H and O–H groups in total. The van der Waals surface area contributed by atoms with Crippen molar-refractivity contribution in [3.8, 4) is 0 Å². The number of unbranched alkanes of at least 4 members (excludes halogenated alkanes) is 6. The summed E-state index contributed by atoms with van der Waals surface area (Å²) < 4.78 is 31.9. The highest BCUT2D eigenvalue weighted by Gasteiger charge is 2.14. The third kappa shape index (κ3) is 23.0. The van der Waals surface area contributed by atoms with Gasteiger partial charge in [-0.25, -0.2) is 8.42 Å². The Morgan fingerprint density at radius 1 is 1.15 bits per heavy atom. The van der Waals surface area contributed by atoms with Crippen molar-refractivity contribution in [2.24, 2.45) is 0 Å². The van der Waals surface area contributed by atoms with Crippen molar-refractivity contribution >= 4 is 16.3 Å². The number of amides is 1. The lowest BCUT2D eigenvalue weighted by Gasteiger charge is -2.29. The highest BCUT2D eigenvalue weighted by molar-refractivity contribution is 7.80. The van der Waals surface area contributed by atoms with E-state index < -0.39 is 10.4 Å². The van der Waals surface area contributed by atoms with Crippen LogP contribution in [0.2, 0.25) is 0 Å². The van der Waals surface area contributed by atoms with Crippen molar-refractivity contribution in [2.45, 2.75) is 64.7 Å². The summed E-state index contributed by atoms with van der Waals surface area (Å²) in [6, 6.07) is 0. The van der Waals surface area contributed by atoms with Crippen LogP contribution in [-0.4, -0.2) is 57.8 Å². The first-order valence-electron chi connectivity index (χ1n) is 9.29. The van der Waals surface area contributed by atoms with Crippen molar-refractivity contribution < 1.29 is 26.4 Å². The van der Waals surface area contributed by atoms with Crippen LogP contribution in [0.15, 0.2) is 12.7 Å². The quantitative estimate of drug-likeness (QED) is 0.122. The van der Waals surface area contributed by atoms with Crippen LogP contribution in [0.25, 0.3) is 0 Å². The van der Waals surface area contributed by atoms with Gasteiger partial charge >= 0.3 is 0 Å². The molecule has 0 radical (unpaired) electrons. The van der Waals surface area contributed by atoms with Crippen LogP contribution in [0, 0.1) is 0 Å². The number of hydrogen-bond acceptors (Lipinski definition) is 5. The lowest BCUT2D eigenvalue weighted by atomic mass is 10.1. The molecule has 0 aliphatic carbocycles. The van der Waals surface area contributed by atoms with Gasteiger partial charge in [-0.3, -0.25) is 8.98 Å². The first kappa shape index (κ1) is 27.3. The minimum atomic E-state index is -4.41. The Balaban J connectivity index is 0. The van der Waals surface area contributed by atoms with Crippen molar-refractivity contribution in [1.29, 1.82) is 0 Å². The maximum absolute atomic E-state index is 11.7. The molecule has 26 heavy (non-hydrogen) atoms. The SMILES string of the molecule is C=CCCCCCCCCC(=O)NC[N+](C)(C)CCC.COS(=O)(=O)[O-]. The van der Waals surface area contributed by atoms with Crippen LogP contribution in [-0.2, 0) is 19.4 Å². The highest BCUT2D eigenvalue weighted by Crippen LogP contribution is 2.08. The van der Waals surface area contributed by atoms with Gasteiger partial charge < -0.3 is 14.4 Å². The average Bonchev–Trinajstić information content (AvgIpc) is 2.55. The van der Waals surface area contributed by atoms with Crippen molar-refractivity contribution in [1.82, 2.24) is 5.32 Å². The Hall–Kier alpha value is -0.960. The number of nitrogens with one attached hydrogen (secondary N) is 1. The van der Waals surface area contributed by atoms with E-state index in [1.807, 2.05) is 6.08 Å². The van der Waals surface area contributed by atoms with Gasteiger partial charge in [-0.15, -0.1) is 6.58 Å². The zero-order chi connectivity index (χ0) is 20.5. The van der Waals surface area contributed by atoms with Crippen molar-refractivity contribution in [3.63, 3.8) is 0 Å². The van der Waals surface area contributed by atoms with Crippen LogP contribution in [0.4, 0.5) is 0 Å². The molecule has 0 atom stereocenters. The number of quaternary nitrogens is 1. The fraction of sp³-hybridized carbons (Fsp3) is 0.833. The fourth-order valence-electron chi connectivity index (χ4n) is 2.36. The van der Waals surface area contributed by atoms with Crippen molar-refractivity contribution in [2.75, 3.05) is 34.4 Å². The summed E-state index contributed by atoms with van der Waals surface area (Å²) in [7, 11) is 0.715. The summed E-state index contributed by atoms with van der Waals surface area (Å²) in [5.41, 5.74) is 0. The second kappa shape index (κ2) is 16.2. The first-order valence-corrected chi connectivity index (χ1v) is 10.6. The van der Waals surface area contributed by atoms with Crippen molar-refractivity contribution in [3.05, 3.63) is 12.7 Å². The molecule has 156 valence electrons. The van der Waals surface area contributed by atoms with Gasteiger partial charge in [0.05, 0.1) is 27.7 Å². The Morgan fingerprint density at radius 3 is 2.12 bits per heavy atom. The van der Waals surface area contributed by atoms with E-state index in [0.29, 0.717) is 6.42 Å². The van der Waals surface area contributed by atoms with Gasteiger partial charge in [0, 0.05) is 6.42 Å². The molecular formula is C18H38N2O5S. The molecule has 0 fully saturated rings. The molecule has 8 heteroatoms. The molecule has 0 heterocycles. The largest absolute Gasteiger partial charge is 0.726 e. The van der Waals surface area contributed by atoms with E-state index in [1.54, 1.807) is 0 Å². The summed E-state index contributed by atoms with van der Waals surface area (Å²) >= 11 is 0. The number of nitrogens with zero attached hydrogens (tertiary/aromatic N) is 1. The van der Waals surface area contributed by atoms with E-state index in [2.05, 4.69) is 37.1 Å². The zero-order valence-corrected chi connectivity index (χ0v) is 17.8. The number of rotatable bonds is 14. The third-order valence-corrected chi connectivity index (χ3v) is 4.21. The van der Waals surface area contributed by atoms with Crippen LogP contribution in [0.1, 0.15) is 64.7 Å². The van der Waals surface area contributed by atoms with E-state index in [-0.39, 0.29) is 5.91 Å². The summed E-state index contributed by atoms with van der Waals surface area (Å²) in [4.78, 5) is 11.7. The number of hydrogen-bond donors (Lipinski definition) is 1. The summed E-state index contributed by atoms with van der Waals surface area (Å²) in [5, 5.41) is 3.05. The van der Waals surface area contributed by atoms with Gasteiger partial charge in [0.2, 0.25) is 16.3 Å². The monoisotopic (exact) mass is 394 g/mol. The molecule has 0 aromatic carbocycles. The molecular weight excluding hydrogens is 356 g/mol. The number of carbonyl (C=O) groups excluding carboxylic acids is 1. The fourth-order valence-corrected chi connectivity index (χ4v) is 2.36. The predicted molar refractivity (Wildman–Crippen MR) is 104 cm³/mol. The minimum Gasteiger partial charge on any atom is -0.726 e. The number of carbonyl (C=O) groups is 1. The Bertz CT molecular complexity index is 464. The molecule has 0 unspecified atom stereocenters. The van der Waals surface area contributed by atoms with E-state index in [9.17, 15) is 17.8 Å². The maximum Gasteiger partial charge on any atom is 0.224 e. The molecule has 1 amide bonds. The van der Waals surface area contributed by atoms with Crippen LogP contribution in [0.5, 0.6) is 0 Å². The van der Waals surface area contributed by atoms with Gasteiger partial charge in [-0.05, 0) is 25.7 Å². The van der Waals surface area contributed by atoms with E-state index in [4.69, 9.17) is 0 Å². The van der Waals surface area contributed by atoms with Gasteiger partial charge in [0.1, 0.15) is 0 Å². The second-order valence-corrected chi connectivity index (χ2v) is 8.09. The maximum atomic E-state index is 11.7. The summed E-state index contributed by atoms with van der Waals surface area (Å²) in [6.45, 7) is 7.75. The molecule has 0 saturated carbocycles. The van der Waals surface area contributed by atoms with Gasteiger partial charge in [-0.2, -0.15) is 0 Å². The molecule has 0 aliphatic heterocycles. The summed E-state index contributed by atoms with van der Waals surface area (Å²) in [6.07, 6.45) is 12.2. The average molecular weight is 395 g/mol. The first-order chi connectivity index (χ1) is 12.1. The zero-order valence-electron chi connectivity index (χ0n) is 17.0. The molecule has 0 aromatic heterocycles. The normalized spacial score (nSPS) is 11.4. The Labute approximate surface area is 160 Å².